The Hall–Kier alpha value is -1.06. The molecule has 0 saturated heterocycles. The fourth-order valence-corrected chi connectivity index (χ4v) is 2.50. The normalized spacial score (nSPS) is 15.7. The van der Waals surface area contributed by atoms with Gasteiger partial charge in [-0.3, -0.25) is 0 Å². The molecule has 0 spiro atoms. The largest absolute Gasteiger partial charge is 0.493 e. The van der Waals surface area contributed by atoms with Crippen LogP contribution in [0.15, 0.2) is 18.2 Å². The monoisotopic (exact) mass is 263 g/mol. The predicted molar refractivity (Wildman–Crippen MR) is 77.8 cm³/mol. The van der Waals surface area contributed by atoms with Crippen LogP contribution in [0, 0.1) is 0 Å². The van der Waals surface area contributed by atoms with Gasteiger partial charge < -0.3 is 14.8 Å². The molecular weight excluding hydrogens is 238 g/mol. The maximum Gasteiger partial charge on any atom is 0.127 e. The highest BCUT2D eigenvalue weighted by molar-refractivity contribution is 5.44. The zero-order valence-electron chi connectivity index (χ0n) is 12.1. The Morgan fingerprint density at radius 2 is 2.26 bits per heavy atom. The molecule has 0 saturated carbocycles. The third-order valence-electron chi connectivity index (χ3n) is 3.47. The Labute approximate surface area is 116 Å². The second kappa shape index (κ2) is 7.51. The van der Waals surface area contributed by atoms with Gasteiger partial charge in [-0.25, -0.2) is 0 Å². The predicted octanol–water partition coefficient (Wildman–Crippen LogP) is 3.09. The van der Waals surface area contributed by atoms with Crippen LogP contribution in [0.25, 0.3) is 0 Å². The van der Waals surface area contributed by atoms with Gasteiger partial charge in [-0.15, -0.1) is 0 Å². The van der Waals surface area contributed by atoms with Crippen molar-refractivity contribution in [1.29, 1.82) is 0 Å². The van der Waals surface area contributed by atoms with Crippen molar-refractivity contribution in [3.05, 3.63) is 29.3 Å². The first-order chi connectivity index (χ1) is 9.36. The van der Waals surface area contributed by atoms with Gasteiger partial charge in [0, 0.05) is 12.2 Å². The van der Waals surface area contributed by atoms with Crippen LogP contribution in [0.5, 0.6) is 5.75 Å². The Morgan fingerprint density at radius 1 is 1.37 bits per heavy atom. The molecule has 1 aliphatic rings. The van der Waals surface area contributed by atoms with E-state index in [4.69, 9.17) is 9.47 Å². The maximum atomic E-state index is 5.90. The average Bonchev–Trinajstić information content (AvgIpc) is 2.47. The van der Waals surface area contributed by atoms with E-state index in [0.717, 1.165) is 44.8 Å². The van der Waals surface area contributed by atoms with Gasteiger partial charge >= 0.3 is 0 Å². The highest BCUT2D eigenvalue weighted by atomic mass is 16.5. The number of benzene rings is 1. The third kappa shape index (κ3) is 3.71. The van der Waals surface area contributed by atoms with Gasteiger partial charge in [0.2, 0.25) is 0 Å². The molecule has 0 aromatic heterocycles. The molecule has 1 unspecified atom stereocenters. The van der Waals surface area contributed by atoms with Gasteiger partial charge in [0.05, 0.1) is 19.3 Å². The van der Waals surface area contributed by atoms with E-state index in [1.54, 1.807) is 0 Å². The molecule has 106 valence electrons. The summed E-state index contributed by atoms with van der Waals surface area (Å²) in [6.07, 6.45) is 3.37. The molecule has 1 N–H and O–H groups in total. The van der Waals surface area contributed by atoms with Crippen LogP contribution < -0.4 is 10.1 Å². The summed E-state index contributed by atoms with van der Waals surface area (Å²) in [5.41, 5.74) is 2.59. The van der Waals surface area contributed by atoms with Gasteiger partial charge in [-0.2, -0.15) is 0 Å². The fraction of sp³-hybridized carbons (Fsp3) is 0.625. The third-order valence-corrected chi connectivity index (χ3v) is 3.47. The van der Waals surface area contributed by atoms with E-state index in [2.05, 4.69) is 30.4 Å². The lowest BCUT2D eigenvalue weighted by Crippen LogP contribution is -2.27. The van der Waals surface area contributed by atoms with Crippen LogP contribution in [-0.2, 0) is 11.2 Å². The summed E-state index contributed by atoms with van der Waals surface area (Å²) in [4.78, 5) is 0. The second-order valence-corrected chi connectivity index (χ2v) is 4.95. The maximum absolute atomic E-state index is 5.90. The summed E-state index contributed by atoms with van der Waals surface area (Å²) in [7, 11) is 0. The van der Waals surface area contributed by atoms with E-state index in [1.807, 2.05) is 6.92 Å². The van der Waals surface area contributed by atoms with Crippen molar-refractivity contribution in [2.45, 2.75) is 39.2 Å². The van der Waals surface area contributed by atoms with Gasteiger partial charge in [0.25, 0.3) is 0 Å². The molecule has 1 atom stereocenters. The van der Waals surface area contributed by atoms with Gasteiger partial charge in [-0.1, -0.05) is 25.1 Å². The van der Waals surface area contributed by atoms with Crippen molar-refractivity contribution < 1.29 is 9.47 Å². The van der Waals surface area contributed by atoms with E-state index in [1.165, 1.54) is 11.1 Å². The molecule has 0 amide bonds. The van der Waals surface area contributed by atoms with Crippen molar-refractivity contribution in [1.82, 2.24) is 5.32 Å². The molecule has 0 aliphatic carbocycles. The van der Waals surface area contributed by atoms with Crippen LogP contribution in [0.2, 0.25) is 0 Å². The van der Waals surface area contributed by atoms with Crippen molar-refractivity contribution in [2.75, 3.05) is 26.4 Å². The first-order valence-electron chi connectivity index (χ1n) is 7.42. The zero-order chi connectivity index (χ0) is 13.5. The van der Waals surface area contributed by atoms with Crippen LogP contribution in [0.1, 0.15) is 43.9 Å². The van der Waals surface area contributed by atoms with Crippen LogP contribution in [-0.4, -0.2) is 26.4 Å². The van der Waals surface area contributed by atoms with E-state index in [9.17, 15) is 0 Å². The minimum absolute atomic E-state index is 0.230. The van der Waals surface area contributed by atoms with Crippen molar-refractivity contribution in [3.63, 3.8) is 0 Å². The summed E-state index contributed by atoms with van der Waals surface area (Å²) in [6.45, 7) is 7.51. The first-order valence-corrected chi connectivity index (χ1v) is 7.42. The van der Waals surface area contributed by atoms with E-state index >= 15 is 0 Å². The van der Waals surface area contributed by atoms with Crippen molar-refractivity contribution in [3.8, 4) is 5.75 Å². The van der Waals surface area contributed by atoms with Crippen LogP contribution >= 0.6 is 0 Å². The number of rotatable bonds is 7. The molecule has 3 heteroatoms. The summed E-state index contributed by atoms with van der Waals surface area (Å²) < 4.78 is 11.5. The molecule has 3 nitrogen and oxygen atoms in total. The minimum Gasteiger partial charge on any atom is -0.493 e. The molecule has 1 aromatic rings. The van der Waals surface area contributed by atoms with Crippen LogP contribution in [0.3, 0.4) is 0 Å². The van der Waals surface area contributed by atoms with Crippen molar-refractivity contribution in [2.24, 2.45) is 0 Å². The topological polar surface area (TPSA) is 30.5 Å². The van der Waals surface area contributed by atoms with Crippen LogP contribution in [0.4, 0.5) is 0 Å². The number of fused-ring (bicyclic) bond motifs is 1. The molecule has 1 heterocycles. The number of hydrogen-bond donors (Lipinski definition) is 1. The molecular formula is C16H25NO2. The molecule has 1 aliphatic heterocycles. The first kappa shape index (κ1) is 14.4. The summed E-state index contributed by atoms with van der Waals surface area (Å²) in [5, 5.41) is 3.57. The summed E-state index contributed by atoms with van der Waals surface area (Å²) in [5.74, 6) is 1.09. The minimum atomic E-state index is 0.230. The number of aryl methyl sites for hydroxylation is 1. The lowest BCUT2D eigenvalue weighted by atomic mass is 9.98. The highest BCUT2D eigenvalue weighted by Gasteiger charge is 2.20. The SMILES string of the molecule is CCCNC(COCC)c1cccc2c1OCCC2. The zero-order valence-corrected chi connectivity index (χ0v) is 12.1. The molecule has 19 heavy (non-hydrogen) atoms. The van der Waals surface area contributed by atoms with E-state index in [0.29, 0.717) is 6.61 Å². The van der Waals surface area contributed by atoms with Gasteiger partial charge in [0.1, 0.15) is 5.75 Å². The number of ether oxygens (including phenoxy) is 2. The summed E-state index contributed by atoms with van der Waals surface area (Å²) in [6, 6.07) is 6.70. The standard InChI is InChI=1S/C16H25NO2/c1-3-10-17-15(12-18-4-2)14-9-5-7-13-8-6-11-19-16(13)14/h5,7,9,15,17H,3-4,6,8,10-12H2,1-2H3. The van der Waals surface area contributed by atoms with Crippen molar-refractivity contribution >= 4 is 0 Å². The quantitative estimate of drug-likeness (QED) is 0.820. The highest BCUT2D eigenvalue weighted by Crippen LogP contribution is 2.33. The summed E-state index contributed by atoms with van der Waals surface area (Å²) >= 11 is 0. The lowest BCUT2D eigenvalue weighted by molar-refractivity contribution is 0.121. The Morgan fingerprint density at radius 3 is 3.05 bits per heavy atom. The molecule has 2 rings (SSSR count). The van der Waals surface area contributed by atoms with Gasteiger partial charge in [0.15, 0.2) is 0 Å². The Balaban J connectivity index is 2.19. The number of nitrogens with one attached hydrogen (secondary N) is 1. The molecule has 0 bridgehead atoms. The Kier molecular flexibility index (Phi) is 5.67. The number of hydrogen-bond acceptors (Lipinski definition) is 3. The number of para-hydroxylation sites is 1. The molecule has 1 aromatic carbocycles. The fourth-order valence-electron chi connectivity index (χ4n) is 2.50. The second-order valence-electron chi connectivity index (χ2n) is 4.95. The average molecular weight is 263 g/mol. The lowest BCUT2D eigenvalue weighted by Gasteiger charge is -2.25. The smallest absolute Gasteiger partial charge is 0.127 e. The van der Waals surface area contributed by atoms with E-state index in [-0.39, 0.29) is 6.04 Å². The molecule has 0 radical (unpaired) electrons. The Bertz CT molecular complexity index is 384. The van der Waals surface area contributed by atoms with Gasteiger partial charge in [-0.05, 0) is 38.3 Å². The molecule has 0 fully saturated rings. The van der Waals surface area contributed by atoms with E-state index < -0.39 is 0 Å².